The van der Waals surface area contributed by atoms with Crippen molar-refractivity contribution >= 4 is 27.5 Å². The second-order valence-electron chi connectivity index (χ2n) is 8.68. The predicted molar refractivity (Wildman–Crippen MR) is 121 cm³/mol. The first-order chi connectivity index (χ1) is 15.3. The largest absolute Gasteiger partial charge is 0.394 e. The van der Waals surface area contributed by atoms with Crippen LogP contribution in [0.15, 0.2) is 47.6 Å². The number of pyridine rings is 1. The lowest BCUT2D eigenvalue weighted by Gasteiger charge is -2.23. The van der Waals surface area contributed by atoms with E-state index in [0.29, 0.717) is 6.42 Å². The van der Waals surface area contributed by atoms with E-state index in [-0.39, 0.29) is 22.2 Å². The third-order valence-electron chi connectivity index (χ3n) is 4.52. The number of carbonyl (C=O) groups is 2. The van der Waals surface area contributed by atoms with Gasteiger partial charge in [-0.25, -0.2) is 22.5 Å². The molecule has 33 heavy (non-hydrogen) atoms. The zero-order valence-corrected chi connectivity index (χ0v) is 19.7. The zero-order chi connectivity index (χ0) is 24.8. The van der Waals surface area contributed by atoms with Crippen molar-refractivity contribution in [1.29, 1.82) is 0 Å². The van der Waals surface area contributed by atoms with E-state index in [1.807, 2.05) is 13.8 Å². The summed E-state index contributed by atoms with van der Waals surface area (Å²) in [5.41, 5.74) is -0.613. The summed E-state index contributed by atoms with van der Waals surface area (Å²) in [4.78, 5) is 29.2. The van der Waals surface area contributed by atoms with E-state index in [1.165, 1.54) is 44.3 Å². The number of aliphatic hydroxyl groups is 1. The Morgan fingerprint density at radius 2 is 1.76 bits per heavy atom. The standard InChI is InChI=1S/C22H29FN4O5S/c1-14(2)11-18(26-20(29)15-5-7-16(23)8-6-15)21(30)25-17-9-10-19(24-12-17)33(31,32)27-22(3,4)13-28/h5-10,12,14,18,27-28H,11,13H2,1-4H3,(H,25,30)(H,26,29)/t18-/m0/s1. The van der Waals surface area contributed by atoms with Crippen LogP contribution in [0.5, 0.6) is 0 Å². The molecule has 180 valence electrons. The summed E-state index contributed by atoms with van der Waals surface area (Å²) in [6.07, 6.45) is 1.53. The summed E-state index contributed by atoms with van der Waals surface area (Å²) in [6.45, 7) is 6.43. The van der Waals surface area contributed by atoms with Crippen LogP contribution in [0, 0.1) is 11.7 Å². The summed E-state index contributed by atoms with van der Waals surface area (Å²) in [6, 6.07) is 6.68. The van der Waals surface area contributed by atoms with Crippen molar-refractivity contribution < 1.29 is 27.5 Å². The Hall–Kier alpha value is -2.89. The smallest absolute Gasteiger partial charge is 0.258 e. The first-order valence-corrected chi connectivity index (χ1v) is 11.8. The molecule has 1 aromatic heterocycles. The van der Waals surface area contributed by atoms with E-state index in [2.05, 4.69) is 20.3 Å². The number of hydrogen-bond acceptors (Lipinski definition) is 6. The molecule has 1 heterocycles. The molecule has 2 amide bonds. The Morgan fingerprint density at radius 3 is 2.27 bits per heavy atom. The lowest BCUT2D eigenvalue weighted by molar-refractivity contribution is -0.118. The molecule has 0 saturated carbocycles. The van der Waals surface area contributed by atoms with Crippen LogP contribution >= 0.6 is 0 Å². The molecule has 0 radical (unpaired) electrons. The number of aromatic nitrogens is 1. The fourth-order valence-electron chi connectivity index (χ4n) is 2.84. The number of benzene rings is 1. The molecule has 0 spiro atoms. The average Bonchev–Trinajstić information content (AvgIpc) is 2.73. The summed E-state index contributed by atoms with van der Waals surface area (Å²) in [5.74, 6) is -1.42. The molecule has 2 rings (SSSR count). The fourth-order valence-corrected chi connectivity index (χ4v) is 4.17. The third-order valence-corrected chi connectivity index (χ3v) is 6.13. The third kappa shape index (κ3) is 7.88. The number of nitrogens with zero attached hydrogens (tertiary/aromatic N) is 1. The van der Waals surface area contributed by atoms with Crippen LogP contribution in [0.1, 0.15) is 44.5 Å². The van der Waals surface area contributed by atoms with Crippen LogP contribution in [0.25, 0.3) is 0 Å². The number of carbonyl (C=O) groups excluding carboxylic acids is 2. The average molecular weight is 481 g/mol. The van der Waals surface area contributed by atoms with Gasteiger partial charge in [0.2, 0.25) is 5.91 Å². The summed E-state index contributed by atoms with van der Waals surface area (Å²) in [7, 11) is -3.97. The molecule has 11 heteroatoms. The topological polar surface area (TPSA) is 137 Å². The Kier molecular flexibility index (Phi) is 8.64. The fraction of sp³-hybridized carbons (Fsp3) is 0.409. The molecule has 0 fully saturated rings. The molecule has 9 nitrogen and oxygen atoms in total. The minimum absolute atomic E-state index is 0.0841. The summed E-state index contributed by atoms with van der Waals surface area (Å²) < 4.78 is 40.3. The van der Waals surface area contributed by atoms with Gasteiger partial charge in [0.1, 0.15) is 11.9 Å². The molecule has 0 aliphatic rings. The molecular formula is C22H29FN4O5S. The normalized spacial score (nSPS) is 12.9. The van der Waals surface area contributed by atoms with Gasteiger partial charge in [-0.15, -0.1) is 0 Å². The van der Waals surface area contributed by atoms with Crippen LogP contribution in [0.4, 0.5) is 10.1 Å². The molecule has 1 atom stereocenters. The highest BCUT2D eigenvalue weighted by molar-refractivity contribution is 7.89. The van der Waals surface area contributed by atoms with Crippen LogP contribution in [0.2, 0.25) is 0 Å². The minimum atomic E-state index is -3.97. The van der Waals surface area contributed by atoms with Crippen LogP contribution < -0.4 is 15.4 Å². The molecule has 1 aromatic carbocycles. The van der Waals surface area contributed by atoms with E-state index < -0.39 is 45.8 Å². The van der Waals surface area contributed by atoms with Gasteiger partial charge in [0.25, 0.3) is 15.9 Å². The second-order valence-corrected chi connectivity index (χ2v) is 10.3. The predicted octanol–water partition coefficient (Wildman–Crippen LogP) is 2.05. The maximum Gasteiger partial charge on any atom is 0.258 e. The Balaban J connectivity index is 2.12. The van der Waals surface area contributed by atoms with Gasteiger partial charge in [0.05, 0.1) is 24.0 Å². The molecule has 2 aromatic rings. The number of hydrogen-bond donors (Lipinski definition) is 4. The van der Waals surface area contributed by atoms with Gasteiger partial charge in [-0.3, -0.25) is 9.59 Å². The lowest BCUT2D eigenvalue weighted by atomic mass is 10.0. The first-order valence-electron chi connectivity index (χ1n) is 10.3. The monoisotopic (exact) mass is 480 g/mol. The van der Waals surface area contributed by atoms with E-state index in [1.54, 1.807) is 0 Å². The van der Waals surface area contributed by atoms with Crippen molar-refractivity contribution in [1.82, 2.24) is 15.0 Å². The molecule has 0 aliphatic heterocycles. The van der Waals surface area contributed by atoms with Crippen molar-refractivity contribution in [2.24, 2.45) is 5.92 Å². The SMILES string of the molecule is CC(C)C[C@H](NC(=O)c1ccc(F)cc1)C(=O)Nc1ccc(S(=O)(=O)NC(C)(C)CO)nc1. The van der Waals surface area contributed by atoms with Crippen molar-refractivity contribution in [3.63, 3.8) is 0 Å². The highest BCUT2D eigenvalue weighted by atomic mass is 32.2. The van der Waals surface area contributed by atoms with E-state index in [9.17, 15) is 27.5 Å². The number of aliphatic hydroxyl groups excluding tert-OH is 1. The van der Waals surface area contributed by atoms with Gasteiger partial charge in [-0.05, 0) is 62.6 Å². The highest BCUT2D eigenvalue weighted by Gasteiger charge is 2.27. The molecule has 0 unspecified atom stereocenters. The van der Waals surface area contributed by atoms with Gasteiger partial charge in [-0.2, -0.15) is 0 Å². The second kappa shape index (κ2) is 10.8. The van der Waals surface area contributed by atoms with Crippen LogP contribution in [-0.4, -0.2) is 48.5 Å². The van der Waals surface area contributed by atoms with Crippen molar-refractivity contribution in [2.45, 2.75) is 50.7 Å². The van der Waals surface area contributed by atoms with Crippen molar-refractivity contribution in [3.05, 3.63) is 54.0 Å². The molecule has 0 aliphatic carbocycles. The van der Waals surface area contributed by atoms with E-state index in [4.69, 9.17) is 0 Å². The molecule has 0 saturated heterocycles. The number of nitrogens with one attached hydrogen (secondary N) is 3. The van der Waals surface area contributed by atoms with Crippen molar-refractivity contribution in [3.8, 4) is 0 Å². The van der Waals surface area contributed by atoms with E-state index in [0.717, 1.165) is 12.1 Å². The van der Waals surface area contributed by atoms with Gasteiger partial charge in [0.15, 0.2) is 5.03 Å². The number of sulfonamides is 1. The number of amides is 2. The first kappa shape index (κ1) is 26.4. The zero-order valence-electron chi connectivity index (χ0n) is 18.9. The highest BCUT2D eigenvalue weighted by Crippen LogP contribution is 2.15. The molecular weight excluding hydrogens is 451 g/mol. The van der Waals surface area contributed by atoms with Gasteiger partial charge < -0.3 is 15.7 Å². The Bertz CT molecular complexity index is 1070. The maximum atomic E-state index is 13.1. The summed E-state index contributed by atoms with van der Waals surface area (Å²) >= 11 is 0. The Labute approximate surface area is 192 Å². The van der Waals surface area contributed by atoms with Crippen LogP contribution in [-0.2, 0) is 14.8 Å². The maximum absolute atomic E-state index is 13.1. The Morgan fingerprint density at radius 1 is 1.12 bits per heavy atom. The summed E-state index contributed by atoms with van der Waals surface area (Å²) in [5, 5.41) is 14.3. The minimum Gasteiger partial charge on any atom is -0.394 e. The lowest BCUT2D eigenvalue weighted by Crippen LogP contribution is -2.46. The van der Waals surface area contributed by atoms with E-state index >= 15 is 0 Å². The van der Waals surface area contributed by atoms with Gasteiger partial charge in [-0.1, -0.05) is 13.8 Å². The number of rotatable bonds is 10. The number of halogens is 1. The quantitative estimate of drug-likeness (QED) is 0.411. The molecule has 4 N–H and O–H groups in total. The van der Waals surface area contributed by atoms with Crippen LogP contribution in [0.3, 0.4) is 0 Å². The van der Waals surface area contributed by atoms with Crippen molar-refractivity contribution in [2.75, 3.05) is 11.9 Å². The van der Waals surface area contributed by atoms with Gasteiger partial charge >= 0.3 is 0 Å². The number of anilines is 1. The molecule has 0 bridgehead atoms. The van der Waals surface area contributed by atoms with Gasteiger partial charge in [0, 0.05) is 5.56 Å².